The minimum absolute atomic E-state index is 0.0880. The highest BCUT2D eigenvalue weighted by molar-refractivity contribution is 6.04. The summed E-state index contributed by atoms with van der Waals surface area (Å²) in [5.41, 5.74) is 2.81. The second-order valence-electron chi connectivity index (χ2n) is 6.44. The number of nitrogens with one attached hydrogen (secondary N) is 1. The van der Waals surface area contributed by atoms with E-state index in [-0.39, 0.29) is 23.9 Å². The predicted octanol–water partition coefficient (Wildman–Crippen LogP) is 3.20. The number of para-hydroxylation sites is 1. The molecule has 0 bridgehead atoms. The van der Waals surface area contributed by atoms with Crippen LogP contribution >= 0.6 is 0 Å². The van der Waals surface area contributed by atoms with E-state index in [0.29, 0.717) is 12.2 Å². The lowest BCUT2D eigenvalue weighted by atomic mass is 10.1. The molecule has 1 heterocycles. The molecule has 2 amide bonds. The summed E-state index contributed by atoms with van der Waals surface area (Å²) in [5.74, 6) is -0.908. The van der Waals surface area contributed by atoms with E-state index in [2.05, 4.69) is 5.32 Å². The molecule has 1 N–H and O–H groups in total. The number of aryl methyl sites for hydroxylation is 2. The number of carbonyl (C=O) groups is 2. The van der Waals surface area contributed by atoms with Gasteiger partial charge in [-0.2, -0.15) is 0 Å². The van der Waals surface area contributed by atoms with Crippen LogP contribution in [0.3, 0.4) is 0 Å². The van der Waals surface area contributed by atoms with Crippen molar-refractivity contribution in [1.29, 1.82) is 0 Å². The molecule has 134 valence electrons. The van der Waals surface area contributed by atoms with E-state index >= 15 is 0 Å². The molecule has 1 atom stereocenters. The Morgan fingerprint density at radius 3 is 2.62 bits per heavy atom. The van der Waals surface area contributed by atoms with Gasteiger partial charge in [-0.05, 0) is 31.0 Å². The van der Waals surface area contributed by atoms with E-state index in [1.54, 1.807) is 17.9 Å². The van der Waals surface area contributed by atoms with Crippen LogP contribution in [0.4, 0.5) is 17.1 Å². The minimum atomic E-state index is -0.506. The van der Waals surface area contributed by atoms with Gasteiger partial charge in [0, 0.05) is 30.8 Å². The number of nitro benzene ring substituents is 1. The van der Waals surface area contributed by atoms with Crippen molar-refractivity contribution >= 4 is 28.9 Å². The average Bonchev–Trinajstić information content (AvgIpc) is 2.99. The fourth-order valence-corrected chi connectivity index (χ4v) is 3.08. The topological polar surface area (TPSA) is 92.5 Å². The first-order chi connectivity index (χ1) is 12.4. The Morgan fingerprint density at radius 1 is 1.19 bits per heavy atom. The quantitative estimate of drug-likeness (QED) is 0.675. The largest absolute Gasteiger partial charge is 0.325 e. The molecule has 1 fully saturated rings. The van der Waals surface area contributed by atoms with Gasteiger partial charge in [-0.25, -0.2) is 0 Å². The SMILES string of the molecule is Cc1ccc([N+](=O)[O-])cc1NC(=O)[C@H]1CC(=O)N(c2ccccc2C)C1. The zero-order valence-electron chi connectivity index (χ0n) is 14.6. The Balaban J connectivity index is 1.76. The maximum Gasteiger partial charge on any atom is 0.271 e. The van der Waals surface area contributed by atoms with Crippen molar-refractivity contribution in [3.05, 3.63) is 63.7 Å². The van der Waals surface area contributed by atoms with Crippen LogP contribution in [0.1, 0.15) is 17.5 Å². The smallest absolute Gasteiger partial charge is 0.271 e. The fourth-order valence-electron chi connectivity index (χ4n) is 3.08. The van der Waals surface area contributed by atoms with Crippen LogP contribution in [-0.4, -0.2) is 23.3 Å². The highest BCUT2D eigenvalue weighted by Gasteiger charge is 2.35. The molecule has 1 aliphatic heterocycles. The van der Waals surface area contributed by atoms with Gasteiger partial charge in [0.05, 0.1) is 16.5 Å². The molecule has 1 saturated heterocycles. The van der Waals surface area contributed by atoms with Crippen LogP contribution in [0.25, 0.3) is 0 Å². The molecular formula is C19H19N3O4. The Labute approximate surface area is 150 Å². The standard InChI is InChI=1S/C19H19N3O4/c1-12-7-8-15(22(25)26)10-16(12)20-19(24)14-9-18(23)21(11-14)17-6-4-3-5-13(17)2/h3-8,10,14H,9,11H2,1-2H3,(H,20,24)/t14-/m0/s1. The molecule has 0 aliphatic carbocycles. The molecule has 3 rings (SSSR count). The first-order valence-electron chi connectivity index (χ1n) is 8.28. The molecule has 0 aromatic heterocycles. The Bertz CT molecular complexity index is 894. The Hall–Kier alpha value is -3.22. The summed E-state index contributed by atoms with van der Waals surface area (Å²) in [6.45, 7) is 3.98. The zero-order chi connectivity index (χ0) is 18.8. The first kappa shape index (κ1) is 17.6. The summed E-state index contributed by atoms with van der Waals surface area (Å²) in [6, 6.07) is 11.9. The van der Waals surface area contributed by atoms with Crippen LogP contribution in [-0.2, 0) is 9.59 Å². The highest BCUT2D eigenvalue weighted by atomic mass is 16.6. The molecule has 2 aromatic rings. The van der Waals surface area contributed by atoms with E-state index in [9.17, 15) is 19.7 Å². The highest BCUT2D eigenvalue weighted by Crippen LogP contribution is 2.29. The van der Waals surface area contributed by atoms with Crippen LogP contribution in [0.5, 0.6) is 0 Å². The molecular weight excluding hydrogens is 334 g/mol. The average molecular weight is 353 g/mol. The lowest BCUT2D eigenvalue weighted by molar-refractivity contribution is -0.384. The molecule has 1 aliphatic rings. The number of nitrogens with zero attached hydrogens (tertiary/aromatic N) is 2. The Morgan fingerprint density at radius 2 is 1.92 bits per heavy atom. The monoisotopic (exact) mass is 353 g/mol. The summed E-state index contributed by atoms with van der Waals surface area (Å²) in [7, 11) is 0. The number of carbonyl (C=O) groups excluding carboxylic acids is 2. The van der Waals surface area contributed by atoms with Crippen molar-refractivity contribution < 1.29 is 14.5 Å². The third kappa shape index (κ3) is 3.42. The third-order valence-electron chi connectivity index (χ3n) is 4.59. The van der Waals surface area contributed by atoms with E-state index < -0.39 is 10.8 Å². The van der Waals surface area contributed by atoms with Gasteiger partial charge in [0.2, 0.25) is 11.8 Å². The summed E-state index contributed by atoms with van der Waals surface area (Å²) in [5, 5.41) is 13.7. The van der Waals surface area contributed by atoms with Crippen LogP contribution in [0.15, 0.2) is 42.5 Å². The molecule has 0 radical (unpaired) electrons. The number of anilines is 2. The summed E-state index contributed by atoms with van der Waals surface area (Å²) >= 11 is 0. The number of rotatable bonds is 4. The van der Waals surface area contributed by atoms with Gasteiger partial charge in [-0.3, -0.25) is 19.7 Å². The normalized spacial score (nSPS) is 16.6. The van der Waals surface area contributed by atoms with Crippen molar-refractivity contribution in [2.45, 2.75) is 20.3 Å². The van der Waals surface area contributed by atoms with Crippen LogP contribution < -0.4 is 10.2 Å². The lowest BCUT2D eigenvalue weighted by Crippen LogP contribution is -2.28. The minimum Gasteiger partial charge on any atom is -0.325 e. The van der Waals surface area contributed by atoms with Crippen molar-refractivity contribution in [3.8, 4) is 0 Å². The predicted molar refractivity (Wildman–Crippen MR) is 98.1 cm³/mol. The molecule has 26 heavy (non-hydrogen) atoms. The third-order valence-corrected chi connectivity index (χ3v) is 4.59. The number of amides is 2. The molecule has 0 unspecified atom stereocenters. The summed E-state index contributed by atoms with van der Waals surface area (Å²) in [6.07, 6.45) is 0.119. The van der Waals surface area contributed by atoms with E-state index in [4.69, 9.17) is 0 Å². The molecule has 0 saturated carbocycles. The molecule has 2 aromatic carbocycles. The van der Waals surface area contributed by atoms with Crippen molar-refractivity contribution in [2.75, 3.05) is 16.8 Å². The van der Waals surface area contributed by atoms with Gasteiger partial charge in [-0.15, -0.1) is 0 Å². The van der Waals surface area contributed by atoms with Gasteiger partial charge >= 0.3 is 0 Å². The zero-order valence-corrected chi connectivity index (χ0v) is 14.6. The van der Waals surface area contributed by atoms with Crippen LogP contribution in [0, 0.1) is 29.9 Å². The maximum absolute atomic E-state index is 12.6. The van der Waals surface area contributed by atoms with E-state index in [1.807, 2.05) is 31.2 Å². The Kier molecular flexibility index (Phi) is 4.71. The number of hydrogen-bond donors (Lipinski definition) is 1. The maximum atomic E-state index is 12.6. The molecule has 0 spiro atoms. The van der Waals surface area contributed by atoms with Gasteiger partial charge in [0.25, 0.3) is 5.69 Å². The van der Waals surface area contributed by atoms with Crippen molar-refractivity contribution in [1.82, 2.24) is 0 Å². The summed E-state index contributed by atoms with van der Waals surface area (Å²) < 4.78 is 0. The number of benzene rings is 2. The molecule has 7 heteroatoms. The second kappa shape index (κ2) is 6.95. The second-order valence-corrected chi connectivity index (χ2v) is 6.44. The van der Waals surface area contributed by atoms with Crippen molar-refractivity contribution in [3.63, 3.8) is 0 Å². The van der Waals surface area contributed by atoms with E-state index in [1.165, 1.54) is 12.1 Å². The van der Waals surface area contributed by atoms with Gasteiger partial charge in [0.1, 0.15) is 0 Å². The fraction of sp³-hybridized carbons (Fsp3) is 0.263. The summed E-state index contributed by atoms with van der Waals surface area (Å²) in [4.78, 5) is 37.0. The van der Waals surface area contributed by atoms with Crippen LogP contribution in [0.2, 0.25) is 0 Å². The lowest BCUT2D eigenvalue weighted by Gasteiger charge is -2.19. The van der Waals surface area contributed by atoms with E-state index in [0.717, 1.165) is 16.8 Å². The number of hydrogen-bond acceptors (Lipinski definition) is 4. The van der Waals surface area contributed by atoms with Crippen molar-refractivity contribution in [2.24, 2.45) is 5.92 Å². The van der Waals surface area contributed by atoms with Gasteiger partial charge < -0.3 is 10.2 Å². The molecule has 7 nitrogen and oxygen atoms in total. The van der Waals surface area contributed by atoms with Gasteiger partial charge in [0.15, 0.2) is 0 Å². The van der Waals surface area contributed by atoms with Gasteiger partial charge in [-0.1, -0.05) is 24.3 Å². The number of non-ortho nitro benzene ring substituents is 1. The number of nitro groups is 1. The first-order valence-corrected chi connectivity index (χ1v) is 8.28.